The maximum absolute atomic E-state index is 13.9. The molecule has 156 valence electrons. The first-order chi connectivity index (χ1) is 14.3. The molecule has 1 N–H and O–H groups in total. The number of ether oxygens (including phenoxy) is 2. The number of benzene rings is 2. The Hall–Kier alpha value is -2.97. The highest BCUT2D eigenvalue weighted by molar-refractivity contribution is 7.80. The van der Waals surface area contributed by atoms with E-state index in [1.165, 1.54) is 30.2 Å². The Balaban J connectivity index is 1.93. The van der Waals surface area contributed by atoms with Gasteiger partial charge in [-0.05, 0) is 49.0 Å². The van der Waals surface area contributed by atoms with Crippen LogP contribution < -0.4 is 14.8 Å². The van der Waals surface area contributed by atoms with Crippen molar-refractivity contribution in [3.8, 4) is 11.5 Å². The zero-order valence-electron chi connectivity index (χ0n) is 16.2. The topological polar surface area (TPSA) is 67.9 Å². The second-order valence-corrected chi connectivity index (χ2v) is 7.12. The third-order valence-electron chi connectivity index (χ3n) is 4.28. The number of hydrogen-bond acceptors (Lipinski definition) is 5. The quantitative estimate of drug-likeness (QED) is 0.414. The molecular weight excluding hydrogens is 431 g/mol. The van der Waals surface area contributed by atoms with Gasteiger partial charge in [-0.2, -0.15) is 0 Å². The standard InChI is InChI=1S/C21H18ClFN2O4S/c1-3-28-17-10-12(8-14-19(26)24-21(30)25(2)20(14)27)9-15(22)18(17)29-11-13-6-4-5-7-16(13)23/h4-10H,3,11H2,1-2H3,(H,24,26,30)/b14-8+. The predicted octanol–water partition coefficient (Wildman–Crippen LogP) is 3.71. The summed E-state index contributed by atoms with van der Waals surface area (Å²) in [4.78, 5) is 25.7. The van der Waals surface area contributed by atoms with Crippen LogP contribution in [0.15, 0.2) is 42.0 Å². The summed E-state index contributed by atoms with van der Waals surface area (Å²) in [6.07, 6.45) is 1.39. The number of carbonyl (C=O) groups is 2. The van der Waals surface area contributed by atoms with Gasteiger partial charge >= 0.3 is 0 Å². The van der Waals surface area contributed by atoms with Crippen LogP contribution in [-0.4, -0.2) is 35.5 Å². The van der Waals surface area contributed by atoms with E-state index in [9.17, 15) is 14.0 Å². The van der Waals surface area contributed by atoms with Gasteiger partial charge in [-0.15, -0.1) is 0 Å². The first-order valence-corrected chi connectivity index (χ1v) is 9.78. The summed E-state index contributed by atoms with van der Waals surface area (Å²) in [6.45, 7) is 2.06. The van der Waals surface area contributed by atoms with Crippen molar-refractivity contribution >= 4 is 46.8 Å². The number of nitrogens with zero attached hydrogens (tertiary/aromatic N) is 1. The number of carbonyl (C=O) groups excluding carboxylic acids is 2. The van der Waals surface area contributed by atoms with Crippen molar-refractivity contribution in [1.29, 1.82) is 0 Å². The molecule has 2 aromatic rings. The van der Waals surface area contributed by atoms with Gasteiger partial charge in [-0.25, -0.2) is 4.39 Å². The summed E-state index contributed by atoms with van der Waals surface area (Å²) in [5.41, 5.74) is 0.733. The molecule has 0 atom stereocenters. The van der Waals surface area contributed by atoms with Crippen LogP contribution in [0.4, 0.5) is 4.39 Å². The minimum Gasteiger partial charge on any atom is -0.490 e. The minimum absolute atomic E-state index is 0.0343. The first kappa shape index (κ1) is 21.7. The maximum atomic E-state index is 13.9. The van der Waals surface area contributed by atoms with E-state index in [1.807, 2.05) is 0 Å². The third kappa shape index (κ3) is 4.60. The highest BCUT2D eigenvalue weighted by Crippen LogP contribution is 2.38. The van der Waals surface area contributed by atoms with Gasteiger partial charge in [0.2, 0.25) is 0 Å². The van der Waals surface area contributed by atoms with Crippen molar-refractivity contribution < 1.29 is 23.5 Å². The Morgan fingerprint density at radius 1 is 1.23 bits per heavy atom. The highest BCUT2D eigenvalue weighted by atomic mass is 35.5. The average Bonchev–Trinajstić information content (AvgIpc) is 2.70. The Morgan fingerprint density at radius 3 is 2.67 bits per heavy atom. The molecule has 0 saturated carbocycles. The van der Waals surface area contributed by atoms with E-state index >= 15 is 0 Å². The van der Waals surface area contributed by atoms with Crippen LogP contribution in [0.3, 0.4) is 0 Å². The number of rotatable bonds is 6. The van der Waals surface area contributed by atoms with E-state index in [1.54, 1.807) is 31.2 Å². The molecule has 30 heavy (non-hydrogen) atoms. The van der Waals surface area contributed by atoms with Crippen molar-refractivity contribution in [3.05, 3.63) is 63.9 Å². The molecule has 2 amide bonds. The van der Waals surface area contributed by atoms with Crippen molar-refractivity contribution in [2.45, 2.75) is 13.5 Å². The van der Waals surface area contributed by atoms with Crippen molar-refractivity contribution in [3.63, 3.8) is 0 Å². The highest BCUT2D eigenvalue weighted by Gasteiger charge is 2.30. The van der Waals surface area contributed by atoms with E-state index in [0.717, 1.165) is 0 Å². The lowest BCUT2D eigenvalue weighted by Crippen LogP contribution is -2.52. The van der Waals surface area contributed by atoms with Gasteiger partial charge in [0, 0.05) is 12.6 Å². The lowest BCUT2D eigenvalue weighted by atomic mass is 10.1. The second-order valence-electron chi connectivity index (χ2n) is 6.32. The minimum atomic E-state index is -0.600. The molecule has 0 unspecified atom stereocenters. The zero-order chi connectivity index (χ0) is 21.8. The zero-order valence-corrected chi connectivity index (χ0v) is 17.8. The van der Waals surface area contributed by atoms with Crippen LogP contribution in [-0.2, 0) is 16.2 Å². The molecule has 1 saturated heterocycles. The lowest BCUT2D eigenvalue weighted by Gasteiger charge is -2.25. The molecule has 6 nitrogen and oxygen atoms in total. The van der Waals surface area contributed by atoms with Crippen LogP contribution in [0, 0.1) is 5.82 Å². The molecule has 0 aromatic heterocycles. The van der Waals surface area contributed by atoms with Crippen molar-refractivity contribution in [2.75, 3.05) is 13.7 Å². The van der Waals surface area contributed by atoms with Crippen LogP contribution in [0.25, 0.3) is 6.08 Å². The Morgan fingerprint density at radius 2 is 1.97 bits per heavy atom. The van der Waals surface area contributed by atoms with Gasteiger partial charge in [-0.1, -0.05) is 29.8 Å². The molecule has 0 bridgehead atoms. The van der Waals surface area contributed by atoms with Crippen molar-refractivity contribution in [1.82, 2.24) is 10.2 Å². The van der Waals surface area contributed by atoms with Gasteiger partial charge in [0.1, 0.15) is 18.0 Å². The number of nitrogens with one attached hydrogen (secondary N) is 1. The fraction of sp³-hybridized carbons (Fsp3) is 0.190. The predicted molar refractivity (Wildman–Crippen MR) is 115 cm³/mol. The van der Waals surface area contributed by atoms with E-state index in [-0.39, 0.29) is 28.1 Å². The molecule has 1 fully saturated rings. The van der Waals surface area contributed by atoms with Crippen LogP contribution in [0.2, 0.25) is 5.02 Å². The average molecular weight is 449 g/mol. The summed E-state index contributed by atoms with van der Waals surface area (Å²) in [6, 6.07) is 9.36. The lowest BCUT2D eigenvalue weighted by molar-refractivity contribution is -0.128. The summed E-state index contributed by atoms with van der Waals surface area (Å²) in [5.74, 6) is -0.978. The SMILES string of the molecule is CCOc1cc(/C=C2\C(=O)NC(=S)N(C)C2=O)cc(Cl)c1OCc1ccccc1F. The molecule has 1 aliphatic heterocycles. The number of hydrogen-bond donors (Lipinski definition) is 1. The largest absolute Gasteiger partial charge is 0.490 e. The van der Waals surface area contributed by atoms with E-state index < -0.39 is 17.6 Å². The van der Waals surface area contributed by atoms with Gasteiger partial charge in [-0.3, -0.25) is 19.8 Å². The Bertz CT molecular complexity index is 1060. The van der Waals surface area contributed by atoms with Crippen molar-refractivity contribution in [2.24, 2.45) is 0 Å². The fourth-order valence-corrected chi connectivity index (χ4v) is 3.20. The summed E-state index contributed by atoms with van der Waals surface area (Å²) in [5, 5.41) is 2.67. The molecule has 0 spiro atoms. The van der Waals surface area contributed by atoms with E-state index in [2.05, 4.69) is 5.32 Å². The molecule has 3 rings (SSSR count). The first-order valence-electron chi connectivity index (χ1n) is 8.99. The number of halogens is 2. The molecule has 0 aliphatic carbocycles. The summed E-state index contributed by atoms with van der Waals surface area (Å²) < 4.78 is 25.2. The molecule has 1 heterocycles. The van der Waals surface area contributed by atoms with Gasteiger partial charge < -0.3 is 9.47 Å². The molecular formula is C21H18ClFN2O4S. The fourth-order valence-electron chi connectivity index (χ4n) is 2.75. The third-order valence-corrected chi connectivity index (χ3v) is 4.93. The Labute approximate surface area is 183 Å². The second kappa shape index (κ2) is 9.23. The van der Waals surface area contributed by atoms with Gasteiger partial charge in [0.25, 0.3) is 11.8 Å². The van der Waals surface area contributed by atoms with Crippen LogP contribution >= 0.6 is 23.8 Å². The van der Waals surface area contributed by atoms with Crippen LogP contribution in [0.5, 0.6) is 11.5 Å². The van der Waals surface area contributed by atoms with E-state index in [0.29, 0.717) is 23.5 Å². The maximum Gasteiger partial charge on any atom is 0.265 e. The number of thiocarbonyl (C=S) groups is 1. The molecule has 9 heteroatoms. The molecule has 1 aliphatic rings. The normalized spacial score (nSPS) is 15.4. The number of amides is 2. The summed E-state index contributed by atoms with van der Waals surface area (Å²) >= 11 is 11.3. The van der Waals surface area contributed by atoms with Crippen LogP contribution in [0.1, 0.15) is 18.1 Å². The van der Waals surface area contributed by atoms with E-state index in [4.69, 9.17) is 33.3 Å². The molecule has 0 radical (unpaired) electrons. The molecule has 2 aromatic carbocycles. The monoisotopic (exact) mass is 448 g/mol. The smallest absolute Gasteiger partial charge is 0.265 e. The Kier molecular flexibility index (Phi) is 6.69. The summed E-state index contributed by atoms with van der Waals surface area (Å²) in [7, 11) is 1.47. The van der Waals surface area contributed by atoms with Gasteiger partial charge in [0.05, 0.1) is 11.6 Å². The van der Waals surface area contributed by atoms with Gasteiger partial charge in [0.15, 0.2) is 16.6 Å². The number of likely N-dealkylation sites (N-methyl/N-ethyl adjacent to an activating group) is 1.